The van der Waals surface area contributed by atoms with E-state index in [0.29, 0.717) is 5.92 Å². The van der Waals surface area contributed by atoms with Crippen molar-refractivity contribution in [1.29, 1.82) is 0 Å². The van der Waals surface area contributed by atoms with Gasteiger partial charge in [-0.05, 0) is 18.8 Å². The van der Waals surface area contributed by atoms with E-state index >= 15 is 0 Å². The van der Waals surface area contributed by atoms with E-state index in [-0.39, 0.29) is 0 Å². The van der Waals surface area contributed by atoms with Crippen molar-refractivity contribution in [3.8, 4) is 0 Å². The Balaban J connectivity index is 3.21. The van der Waals surface area contributed by atoms with Crippen molar-refractivity contribution >= 4 is 0 Å². The smallest absolute Gasteiger partial charge is 0.0230 e. The summed E-state index contributed by atoms with van der Waals surface area (Å²) in [6.45, 7) is 8.16. The molecule has 0 radical (unpaired) electrons. The SMILES string of the molecule is C=CC(C)C/C=C/CCCC. The fourth-order valence-electron chi connectivity index (χ4n) is 0.847. The second kappa shape index (κ2) is 7.59. The fourth-order valence-corrected chi connectivity index (χ4v) is 0.847. The molecule has 0 amide bonds. The van der Waals surface area contributed by atoms with Crippen LogP contribution in [0.4, 0.5) is 0 Å². The van der Waals surface area contributed by atoms with E-state index in [1.165, 1.54) is 19.3 Å². The minimum Gasteiger partial charge on any atom is -0.103 e. The average Bonchev–Trinajstić information content (AvgIpc) is 2.04. The summed E-state index contributed by atoms with van der Waals surface area (Å²) in [6.07, 6.45) is 11.5. The second-order valence-electron chi connectivity index (χ2n) is 3.06. The normalized spacial score (nSPS) is 13.6. The summed E-state index contributed by atoms with van der Waals surface area (Å²) in [5.74, 6) is 0.632. The van der Waals surface area contributed by atoms with Crippen molar-refractivity contribution in [2.24, 2.45) is 5.92 Å². The third-order valence-corrected chi connectivity index (χ3v) is 1.80. The van der Waals surface area contributed by atoms with Crippen molar-refractivity contribution in [2.75, 3.05) is 0 Å². The zero-order valence-electron chi connectivity index (χ0n) is 7.84. The molecule has 0 aliphatic carbocycles. The molecular formula is C11H20. The molecule has 0 rings (SSSR count). The monoisotopic (exact) mass is 152 g/mol. The lowest BCUT2D eigenvalue weighted by Crippen LogP contribution is -1.83. The van der Waals surface area contributed by atoms with E-state index in [1.807, 2.05) is 6.08 Å². The molecular weight excluding hydrogens is 132 g/mol. The lowest BCUT2D eigenvalue weighted by molar-refractivity contribution is 0.739. The maximum Gasteiger partial charge on any atom is -0.0230 e. The van der Waals surface area contributed by atoms with Crippen LogP contribution in [0, 0.1) is 5.92 Å². The highest BCUT2D eigenvalue weighted by molar-refractivity contribution is 4.87. The molecule has 0 spiro atoms. The fraction of sp³-hybridized carbons (Fsp3) is 0.636. The Morgan fingerprint density at radius 1 is 1.36 bits per heavy atom. The third kappa shape index (κ3) is 7.38. The highest BCUT2D eigenvalue weighted by Gasteiger charge is 1.89. The second-order valence-corrected chi connectivity index (χ2v) is 3.06. The molecule has 1 unspecified atom stereocenters. The predicted molar refractivity (Wildman–Crippen MR) is 52.6 cm³/mol. The highest BCUT2D eigenvalue weighted by Crippen LogP contribution is 2.04. The Morgan fingerprint density at radius 3 is 2.64 bits per heavy atom. The maximum atomic E-state index is 3.74. The third-order valence-electron chi connectivity index (χ3n) is 1.80. The van der Waals surface area contributed by atoms with Crippen molar-refractivity contribution < 1.29 is 0 Å². The molecule has 1 atom stereocenters. The van der Waals surface area contributed by atoms with Crippen LogP contribution in [0.2, 0.25) is 0 Å². The van der Waals surface area contributed by atoms with Crippen molar-refractivity contribution in [2.45, 2.75) is 39.5 Å². The van der Waals surface area contributed by atoms with Crippen LogP contribution in [0.5, 0.6) is 0 Å². The Bertz CT molecular complexity index is 111. The molecule has 0 aliphatic rings. The lowest BCUT2D eigenvalue weighted by atomic mass is 10.1. The zero-order valence-corrected chi connectivity index (χ0v) is 7.84. The van der Waals surface area contributed by atoms with Crippen LogP contribution in [0.25, 0.3) is 0 Å². The molecule has 0 aromatic heterocycles. The molecule has 0 nitrogen and oxygen atoms in total. The largest absolute Gasteiger partial charge is 0.103 e. The van der Waals surface area contributed by atoms with Crippen molar-refractivity contribution in [1.82, 2.24) is 0 Å². The van der Waals surface area contributed by atoms with Crippen LogP contribution in [0.15, 0.2) is 24.8 Å². The van der Waals surface area contributed by atoms with Gasteiger partial charge in [-0.25, -0.2) is 0 Å². The van der Waals surface area contributed by atoms with Crippen LogP contribution < -0.4 is 0 Å². The molecule has 0 aromatic carbocycles. The van der Waals surface area contributed by atoms with E-state index in [9.17, 15) is 0 Å². The summed E-state index contributed by atoms with van der Waals surface area (Å²) >= 11 is 0. The topological polar surface area (TPSA) is 0 Å². The number of hydrogen-bond donors (Lipinski definition) is 0. The molecule has 0 saturated carbocycles. The number of allylic oxidation sites excluding steroid dienone is 3. The Labute approximate surface area is 71.0 Å². The molecule has 0 heteroatoms. The van der Waals surface area contributed by atoms with Crippen LogP contribution >= 0.6 is 0 Å². The van der Waals surface area contributed by atoms with Gasteiger partial charge in [0, 0.05) is 0 Å². The van der Waals surface area contributed by atoms with E-state index < -0.39 is 0 Å². The lowest BCUT2D eigenvalue weighted by Gasteiger charge is -1.98. The molecule has 0 fully saturated rings. The van der Waals surface area contributed by atoms with Gasteiger partial charge >= 0.3 is 0 Å². The zero-order chi connectivity index (χ0) is 8.53. The van der Waals surface area contributed by atoms with Gasteiger partial charge < -0.3 is 0 Å². The van der Waals surface area contributed by atoms with Gasteiger partial charge in [0.2, 0.25) is 0 Å². The van der Waals surface area contributed by atoms with E-state index in [4.69, 9.17) is 0 Å². The van der Waals surface area contributed by atoms with Crippen LogP contribution in [-0.2, 0) is 0 Å². The quantitative estimate of drug-likeness (QED) is 0.399. The molecule has 0 heterocycles. The molecule has 0 aliphatic heterocycles. The molecule has 0 saturated heterocycles. The molecule has 11 heavy (non-hydrogen) atoms. The summed E-state index contributed by atoms with van der Waals surface area (Å²) in [5.41, 5.74) is 0. The van der Waals surface area contributed by atoms with Gasteiger partial charge in [-0.2, -0.15) is 0 Å². The summed E-state index contributed by atoms with van der Waals surface area (Å²) in [7, 11) is 0. The number of rotatable bonds is 6. The van der Waals surface area contributed by atoms with Crippen molar-refractivity contribution in [3.63, 3.8) is 0 Å². The van der Waals surface area contributed by atoms with Gasteiger partial charge in [0.05, 0.1) is 0 Å². The Hall–Kier alpha value is -0.520. The van der Waals surface area contributed by atoms with Crippen molar-refractivity contribution in [3.05, 3.63) is 24.8 Å². The van der Waals surface area contributed by atoms with Gasteiger partial charge in [0.25, 0.3) is 0 Å². The summed E-state index contributed by atoms with van der Waals surface area (Å²) in [4.78, 5) is 0. The van der Waals surface area contributed by atoms with Gasteiger partial charge in [-0.3, -0.25) is 0 Å². The van der Waals surface area contributed by atoms with E-state index in [2.05, 4.69) is 32.6 Å². The van der Waals surface area contributed by atoms with Gasteiger partial charge in [-0.1, -0.05) is 44.9 Å². The number of hydrogen-bond acceptors (Lipinski definition) is 0. The summed E-state index contributed by atoms with van der Waals surface area (Å²) < 4.78 is 0. The maximum absolute atomic E-state index is 3.74. The molecule has 0 bridgehead atoms. The first-order chi connectivity index (χ1) is 5.31. The van der Waals surface area contributed by atoms with Crippen LogP contribution in [0.3, 0.4) is 0 Å². The predicted octanol–water partition coefficient (Wildman–Crippen LogP) is 3.95. The average molecular weight is 152 g/mol. The van der Waals surface area contributed by atoms with E-state index in [1.54, 1.807) is 0 Å². The molecule has 64 valence electrons. The van der Waals surface area contributed by atoms with Gasteiger partial charge in [0.15, 0.2) is 0 Å². The first-order valence-electron chi connectivity index (χ1n) is 4.58. The first-order valence-corrected chi connectivity index (χ1v) is 4.58. The summed E-state index contributed by atoms with van der Waals surface area (Å²) in [5, 5.41) is 0. The first kappa shape index (κ1) is 10.5. The van der Waals surface area contributed by atoms with Gasteiger partial charge in [-0.15, -0.1) is 6.58 Å². The van der Waals surface area contributed by atoms with Crippen LogP contribution in [-0.4, -0.2) is 0 Å². The molecule has 0 aromatic rings. The minimum atomic E-state index is 0.632. The standard InChI is InChI=1S/C11H20/c1-4-6-7-8-9-10-11(3)5-2/h5,8-9,11H,2,4,6-7,10H2,1,3H3/b9-8+. The molecule has 0 N–H and O–H groups in total. The van der Waals surface area contributed by atoms with E-state index in [0.717, 1.165) is 6.42 Å². The minimum absolute atomic E-state index is 0.632. The number of unbranched alkanes of at least 4 members (excludes halogenated alkanes) is 2. The Kier molecular flexibility index (Phi) is 7.23. The highest BCUT2D eigenvalue weighted by atomic mass is 13.9. The van der Waals surface area contributed by atoms with Gasteiger partial charge in [0.1, 0.15) is 0 Å². The Morgan fingerprint density at radius 2 is 2.09 bits per heavy atom. The summed E-state index contributed by atoms with van der Waals surface area (Å²) in [6, 6.07) is 0. The van der Waals surface area contributed by atoms with Crippen LogP contribution in [0.1, 0.15) is 39.5 Å².